The summed E-state index contributed by atoms with van der Waals surface area (Å²) < 4.78 is 26.4. The fourth-order valence-corrected chi connectivity index (χ4v) is 5.33. The predicted molar refractivity (Wildman–Crippen MR) is 165 cm³/mol. The van der Waals surface area contributed by atoms with Crippen LogP contribution in [0, 0.1) is 5.82 Å². The van der Waals surface area contributed by atoms with E-state index in [1.165, 1.54) is 11.9 Å². The molecule has 4 heterocycles. The molecular formula is C32H40FN7O4. The zero-order valence-electron chi connectivity index (χ0n) is 25.4. The lowest BCUT2D eigenvalue weighted by Gasteiger charge is -2.33. The Labute approximate surface area is 257 Å². The third kappa shape index (κ3) is 8.12. The Morgan fingerprint density at radius 1 is 1.11 bits per heavy atom. The number of ether oxygens (including phenoxy) is 2. The molecule has 234 valence electrons. The van der Waals surface area contributed by atoms with Crippen molar-refractivity contribution in [1.82, 2.24) is 20.3 Å². The molecule has 1 unspecified atom stereocenters. The molecule has 2 aliphatic rings. The number of amides is 1. The molecule has 44 heavy (non-hydrogen) atoms. The molecule has 2 aromatic heterocycles. The minimum absolute atomic E-state index is 0.0289. The highest BCUT2D eigenvalue weighted by atomic mass is 19.1. The Morgan fingerprint density at radius 3 is 2.64 bits per heavy atom. The number of nitrogens with one attached hydrogen (secondary N) is 3. The quantitative estimate of drug-likeness (QED) is 0.292. The molecular weight excluding hydrogens is 565 g/mol. The van der Waals surface area contributed by atoms with Crippen LogP contribution in [0.4, 0.5) is 26.6 Å². The van der Waals surface area contributed by atoms with Crippen molar-refractivity contribution < 1.29 is 23.5 Å². The average Bonchev–Trinajstić information content (AvgIpc) is 3.02. The maximum Gasteiger partial charge on any atom is 0.408 e. The maximum absolute atomic E-state index is 15.7. The number of hydrogen-bond donors (Lipinski definition) is 3. The second-order valence-corrected chi connectivity index (χ2v) is 12.1. The van der Waals surface area contributed by atoms with Crippen molar-refractivity contribution in [2.24, 2.45) is 0 Å². The highest BCUT2D eigenvalue weighted by Gasteiger charge is 2.29. The minimum Gasteiger partial charge on any atom is -0.458 e. The Kier molecular flexibility index (Phi) is 9.76. The van der Waals surface area contributed by atoms with E-state index in [-0.39, 0.29) is 30.7 Å². The molecule has 11 nitrogen and oxygen atoms in total. The smallest absolute Gasteiger partial charge is 0.408 e. The van der Waals surface area contributed by atoms with Crippen molar-refractivity contribution in [3.63, 3.8) is 0 Å². The van der Waals surface area contributed by atoms with Crippen LogP contribution in [0.15, 0.2) is 48.8 Å². The Bertz CT molecular complexity index is 1440. The number of aromatic nitrogens is 3. The first-order valence-electron chi connectivity index (χ1n) is 15.1. The molecule has 1 saturated heterocycles. The molecule has 1 amide bonds. The largest absolute Gasteiger partial charge is 0.458 e. The zero-order valence-corrected chi connectivity index (χ0v) is 25.4. The van der Waals surface area contributed by atoms with Crippen molar-refractivity contribution >= 4 is 29.5 Å². The van der Waals surface area contributed by atoms with Crippen LogP contribution in [0.5, 0.6) is 0 Å². The van der Waals surface area contributed by atoms with Crippen molar-refractivity contribution in [1.29, 1.82) is 0 Å². The summed E-state index contributed by atoms with van der Waals surface area (Å²) >= 11 is 0. The van der Waals surface area contributed by atoms with Gasteiger partial charge in [-0.15, -0.1) is 0 Å². The fourth-order valence-electron chi connectivity index (χ4n) is 5.33. The summed E-state index contributed by atoms with van der Waals surface area (Å²) in [4.78, 5) is 40.6. The lowest BCUT2D eigenvalue weighted by molar-refractivity contribution is -0.156. The number of piperidine rings is 1. The molecule has 1 aromatic carbocycles. The number of benzene rings is 1. The first kappa shape index (κ1) is 31.0. The van der Waals surface area contributed by atoms with Crippen LogP contribution in [0.3, 0.4) is 0 Å². The van der Waals surface area contributed by atoms with Gasteiger partial charge in [-0.3, -0.25) is 0 Å². The van der Waals surface area contributed by atoms with Crippen LogP contribution >= 0.6 is 0 Å². The number of fused-ring (bicyclic) bond motifs is 1. The van der Waals surface area contributed by atoms with Gasteiger partial charge in [-0.05, 0) is 63.6 Å². The van der Waals surface area contributed by atoms with Gasteiger partial charge in [0.15, 0.2) is 11.6 Å². The second-order valence-electron chi connectivity index (χ2n) is 12.1. The van der Waals surface area contributed by atoms with Crippen LogP contribution in [0.1, 0.15) is 62.8 Å². The molecule has 5 rings (SSSR count). The van der Waals surface area contributed by atoms with E-state index in [4.69, 9.17) is 14.5 Å². The van der Waals surface area contributed by atoms with E-state index < -0.39 is 29.5 Å². The molecule has 0 bridgehead atoms. The normalized spacial score (nSPS) is 15.9. The number of halogens is 1. The lowest BCUT2D eigenvalue weighted by atomic mass is 9.92. The fraction of sp³-hybridized carbons (Fsp3) is 0.469. The number of nitrogens with zero attached hydrogens (tertiary/aromatic N) is 4. The van der Waals surface area contributed by atoms with Crippen LogP contribution in [-0.2, 0) is 27.3 Å². The number of carbonyl (C=O) groups excluding carboxylic acids is 2. The molecule has 2 aliphatic heterocycles. The summed E-state index contributed by atoms with van der Waals surface area (Å²) in [6.45, 7) is 7.19. The van der Waals surface area contributed by atoms with E-state index >= 15 is 4.39 Å². The maximum atomic E-state index is 15.7. The number of esters is 1. The summed E-state index contributed by atoms with van der Waals surface area (Å²) in [5, 5.41) is 8.79. The molecule has 0 radical (unpaired) electrons. The molecule has 0 aliphatic carbocycles. The van der Waals surface area contributed by atoms with E-state index in [0.29, 0.717) is 13.1 Å². The SMILES string of the molecule is CC(C)(C)OC(=O)C(CNc1ncnc(N2CCC(c3ccc4c(n3)NCCC4)CC2)c1F)NC(=O)OCc1ccccc1. The molecule has 0 spiro atoms. The van der Waals surface area contributed by atoms with E-state index in [9.17, 15) is 9.59 Å². The van der Waals surface area contributed by atoms with Gasteiger partial charge in [0.25, 0.3) is 0 Å². The standard InChI is InChI=1S/C32H40FN7O4/c1-32(2,3)44-30(41)25(39-31(42)43-19-21-8-5-4-6-9-21)18-35-28-26(33)29(37-20-36-28)40-16-13-22(14-17-40)24-12-11-23-10-7-15-34-27(23)38-24/h4-6,8-9,11-12,20,22,25H,7,10,13-19H2,1-3H3,(H,34,38)(H,39,42)(H,35,36,37). The molecule has 12 heteroatoms. The first-order chi connectivity index (χ1) is 21.2. The summed E-state index contributed by atoms with van der Waals surface area (Å²) in [5.74, 6) is 0.0566. The average molecular weight is 606 g/mol. The van der Waals surface area contributed by atoms with Crippen molar-refractivity contribution in [3.05, 3.63) is 71.4 Å². The van der Waals surface area contributed by atoms with Gasteiger partial charge in [0, 0.05) is 37.8 Å². The van der Waals surface area contributed by atoms with Gasteiger partial charge >= 0.3 is 12.1 Å². The summed E-state index contributed by atoms with van der Waals surface area (Å²) in [5.41, 5.74) is 2.32. The highest BCUT2D eigenvalue weighted by Crippen LogP contribution is 2.32. The first-order valence-corrected chi connectivity index (χ1v) is 15.1. The number of rotatable bonds is 9. The number of aryl methyl sites for hydroxylation is 1. The highest BCUT2D eigenvalue weighted by molar-refractivity contribution is 5.82. The van der Waals surface area contributed by atoms with Gasteiger partial charge in [-0.2, -0.15) is 4.39 Å². The lowest BCUT2D eigenvalue weighted by Crippen LogP contribution is -2.48. The summed E-state index contributed by atoms with van der Waals surface area (Å²) in [6, 6.07) is 12.3. The van der Waals surface area contributed by atoms with Gasteiger partial charge in [0.2, 0.25) is 5.82 Å². The molecule has 1 atom stereocenters. The number of anilines is 3. The summed E-state index contributed by atoms with van der Waals surface area (Å²) in [7, 11) is 0. The number of hydrogen-bond acceptors (Lipinski definition) is 10. The van der Waals surface area contributed by atoms with E-state index in [0.717, 1.165) is 49.3 Å². The van der Waals surface area contributed by atoms with Crippen LogP contribution < -0.4 is 20.9 Å². The van der Waals surface area contributed by atoms with Gasteiger partial charge in [0.05, 0.1) is 0 Å². The molecule has 0 saturated carbocycles. The zero-order chi connectivity index (χ0) is 31.1. The van der Waals surface area contributed by atoms with Crippen molar-refractivity contribution in [2.75, 3.05) is 41.7 Å². The second kappa shape index (κ2) is 13.9. The molecule has 3 N–H and O–H groups in total. The van der Waals surface area contributed by atoms with Gasteiger partial charge in [-0.25, -0.2) is 24.5 Å². The van der Waals surface area contributed by atoms with Crippen molar-refractivity contribution in [2.45, 2.75) is 70.6 Å². The van der Waals surface area contributed by atoms with Gasteiger partial charge in [0.1, 0.15) is 30.4 Å². The Morgan fingerprint density at radius 2 is 1.89 bits per heavy atom. The van der Waals surface area contributed by atoms with Crippen LogP contribution in [-0.4, -0.2) is 64.8 Å². The predicted octanol–water partition coefficient (Wildman–Crippen LogP) is 4.80. The van der Waals surface area contributed by atoms with E-state index in [1.807, 2.05) is 35.2 Å². The third-order valence-electron chi connectivity index (χ3n) is 7.57. The van der Waals surface area contributed by atoms with Gasteiger partial charge < -0.3 is 30.3 Å². The van der Waals surface area contributed by atoms with E-state index in [1.54, 1.807) is 20.8 Å². The number of alkyl carbamates (subject to hydrolysis) is 1. The Hall–Kier alpha value is -4.48. The third-order valence-corrected chi connectivity index (χ3v) is 7.57. The summed E-state index contributed by atoms with van der Waals surface area (Å²) in [6.07, 6.45) is 4.27. The van der Waals surface area contributed by atoms with Gasteiger partial charge in [-0.1, -0.05) is 36.4 Å². The molecule has 1 fully saturated rings. The van der Waals surface area contributed by atoms with Crippen molar-refractivity contribution in [3.8, 4) is 0 Å². The Balaban J connectivity index is 1.20. The monoisotopic (exact) mass is 605 g/mol. The van der Waals surface area contributed by atoms with Crippen LogP contribution in [0.2, 0.25) is 0 Å². The number of pyridine rings is 1. The number of carbonyl (C=O) groups is 2. The van der Waals surface area contributed by atoms with Crippen LogP contribution in [0.25, 0.3) is 0 Å². The molecule has 3 aromatic rings. The minimum atomic E-state index is -1.16. The van der Waals surface area contributed by atoms with E-state index in [2.05, 4.69) is 38.1 Å². The topological polar surface area (TPSA) is 131 Å².